The summed E-state index contributed by atoms with van der Waals surface area (Å²) in [5.74, 6) is -0.301. The van der Waals surface area contributed by atoms with Gasteiger partial charge in [-0.1, -0.05) is 20.8 Å². The van der Waals surface area contributed by atoms with Crippen molar-refractivity contribution in [2.75, 3.05) is 12.3 Å². The number of aliphatic hydroxyl groups is 1. The Hall–Kier alpha value is -1.56. The molecule has 6 nitrogen and oxygen atoms in total. The van der Waals surface area contributed by atoms with Crippen molar-refractivity contribution in [2.24, 2.45) is 5.41 Å². The second-order valence-electron chi connectivity index (χ2n) is 5.89. The highest BCUT2D eigenvalue weighted by molar-refractivity contribution is 5.97. The Kier molecular flexibility index (Phi) is 4.94. The van der Waals surface area contributed by atoms with Gasteiger partial charge < -0.3 is 16.2 Å². The molecular weight excluding hydrogens is 244 g/mol. The fourth-order valence-electron chi connectivity index (χ4n) is 1.96. The molecule has 0 spiro atoms. The van der Waals surface area contributed by atoms with E-state index in [1.54, 1.807) is 4.68 Å². The van der Waals surface area contributed by atoms with E-state index in [-0.39, 0.29) is 17.9 Å². The monoisotopic (exact) mass is 268 g/mol. The molecule has 0 bridgehead atoms. The van der Waals surface area contributed by atoms with Gasteiger partial charge in [0.25, 0.3) is 5.91 Å². The Morgan fingerprint density at radius 2 is 2.21 bits per heavy atom. The summed E-state index contributed by atoms with van der Waals surface area (Å²) in [5.41, 5.74) is 6.45. The molecule has 4 N–H and O–H groups in total. The van der Waals surface area contributed by atoms with E-state index in [9.17, 15) is 9.90 Å². The molecule has 19 heavy (non-hydrogen) atoms. The maximum atomic E-state index is 12.0. The van der Waals surface area contributed by atoms with Crippen molar-refractivity contribution >= 4 is 11.6 Å². The molecule has 0 aliphatic carbocycles. The van der Waals surface area contributed by atoms with Crippen LogP contribution in [0.4, 0.5) is 5.69 Å². The van der Waals surface area contributed by atoms with Crippen LogP contribution in [-0.2, 0) is 6.54 Å². The molecule has 1 aromatic heterocycles. The first-order valence-corrected chi connectivity index (χ1v) is 6.52. The number of hydrogen-bond acceptors (Lipinski definition) is 4. The molecule has 1 amide bonds. The lowest BCUT2D eigenvalue weighted by atomic mass is 9.89. The maximum Gasteiger partial charge on any atom is 0.271 e. The number of aryl methyl sites for hydroxylation is 1. The molecule has 0 radical (unpaired) electrons. The van der Waals surface area contributed by atoms with Crippen LogP contribution in [0.25, 0.3) is 0 Å². The number of nitrogen functional groups attached to an aromatic ring is 1. The first-order chi connectivity index (χ1) is 8.74. The topological polar surface area (TPSA) is 93.2 Å². The zero-order chi connectivity index (χ0) is 14.6. The summed E-state index contributed by atoms with van der Waals surface area (Å²) in [7, 11) is 0. The van der Waals surface area contributed by atoms with E-state index in [1.807, 2.05) is 27.7 Å². The Bertz CT molecular complexity index is 434. The molecule has 1 aromatic rings. The summed E-state index contributed by atoms with van der Waals surface area (Å²) in [6.07, 6.45) is 1.52. The lowest BCUT2D eigenvalue weighted by Gasteiger charge is -2.22. The predicted molar refractivity (Wildman–Crippen MR) is 74.7 cm³/mol. The normalized spacial score (nSPS) is 13.3. The highest BCUT2D eigenvalue weighted by Gasteiger charge is 2.20. The molecule has 1 unspecified atom stereocenters. The second kappa shape index (κ2) is 6.06. The van der Waals surface area contributed by atoms with Crippen LogP contribution < -0.4 is 11.1 Å². The van der Waals surface area contributed by atoms with E-state index in [2.05, 4.69) is 10.4 Å². The highest BCUT2D eigenvalue weighted by atomic mass is 16.3. The van der Waals surface area contributed by atoms with Crippen LogP contribution in [0.2, 0.25) is 0 Å². The SMILES string of the molecule is CCn1ncc(N)c1C(=O)NCC(O)CC(C)(C)C. The van der Waals surface area contributed by atoms with Crippen molar-refractivity contribution in [1.82, 2.24) is 15.1 Å². The smallest absolute Gasteiger partial charge is 0.271 e. The number of rotatable bonds is 5. The number of nitrogens with zero attached hydrogens (tertiary/aromatic N) is 2. The van der Waals surface area contributed by atoms with Gasteiger partial charge in [-0.2, -0.15) is 5.10 Å². The number of nitrogens with two attached hydrogens (primary N) is 1. The molecule has 1 rings (SSSR count). The van der Waals surface area contributed by atoms with Crippen molar-refractivity contribution in [3.63, 3.8) is 0 Å². The minimum absolute atomic E-state index is 0.0222. The standard InChI is InChI=1S/C13H24N4O2/c1-5-17-11(10(14)8-16-17)12(19)15-7-9(18)6-13(2,3)4/h8-9,18H,5-7,14H2,1-4H3,(H,15,19). The van der Waals surface area contributed by atoms with Crippen LogP contribution in [0, 0.1) is 5.41 Å². The summed E-state index contributed by atoms with van der Waals surface area (Å²) < 4.78 is 1.54. The second-order valence-corrected chi connectivity index (χ2v) is 5.89. The van der Waals surface area contributed by atoms with Gasteiger partial charge in [-0.3, -0.25) is 9.48 Å². The van der Waals surface area contributed by atoms with Crippen LogP contribution >= 0.6 is 0 Å². The summed E-state index contributed by atoms with van der Waals surface area (Å²) in [4.78, 5) is 12.0. The average molecular weight is 268 g/mol. The van der Waals surface area contributed by atoms with E-state index in [0.29, 0.717) is 24.3 Å². The summed E-state index contributed by atoms with van der Waals surface area (Å²) in [5, 5.41) is 16.6. The molecule has 1 atom stereocenters. The van der Waals surface area contributed by atoms with Crippen LogP contribution in [0.3, 0.4) is 0 Å². The zero-order valence-corrected chi connectivity index (χ0v) is 12.1. The fraction of sp³-hybridized carbons (Fsp3) is 0.692. The van der Waals surface area contributed by atoms with Gasteiger partial charge in [0.05, 0.1) is 18.0 Å². The minimum atomic E-state index is -0.567. The van der Waals surface area contributed by atoms with E-state index in [1.165, 1.54) is 6.20 Å². The van der Waals surface area contributed by atoms with Gasteiger partial charge >= 0.3 is 0 Å². The quantitative estimate of drug-likeness (QED) is 0.743. The van der Waals surface area contributed by atoms with Crippen molar-refractivity contribution < 1.29 is 9.90 Å². The Labute approximate surface area is 114 Å². The molecule has 0 aliphatic rings. The number of carbonyl (C=O) groups excluding carboxylic acids is 1. The van der Waals surface area contributed by atoms with Crippen LogP contribution in [-0.4, -0.2) is 33.4 Å². The van der Waals surface area contributed by atoms with Crippen LogP contribution in [0.1, 0.15) is 44.6 Å². The Balaban J connectivity index is 2.58. The molecule has 0 aromatic carbocycles. The molecular formula is C13H24N4O2. The van der Waals surface area contributed by atoms with Gasteiger partial charge in [0, 0.05) is 13.1 Å². The van der Waals surface area contributed by atoms with Gasteiger partial charge in [0.2, 0.25) is 0 Å². The largest absolute Gasteiger partial charge is 0.396 e. The maximum absolute atomic E-state index is 12.0. The Morgan fingerprint density at radius 3 is 2.74 bits per heavy atom. The molecule has 0 saturated heterocycles. The van der Waals surface area contributed by atoms with Gasteiger partial charge in [-0.25, -0.2) is 0 Å². The number of aliphatic hydroxyl groups excluding tert-OH is 1. The molecule has 108 valence electrons. The first kappa shape index (κ1) is 15.5. The van der Waals surface area contributed by atoms with E-state index in [4.69, 9.17) is 5.73 Å². The third-order valence-corrected chi connectivity index (χ3v) is 2.73. The van der Waals surface area contributed by atoms with Gasteiger partial charge in [0.1, 0.15) is 5.69 Å². The van der Waals surface area contributed by atoms with Crippen molar-refractivity contribution in [2.45, 2.75) is 46.8 Å². The zero-order valence-electron chi connectivity index (χ0n) is 12.1. The van der Waals surface area contributed by atoms with Crippen molar-refractivity contribution in [3.8, 4) is 0 Å². The third kappa shape index (κ3) is 4.55. The van der Waals surface area contributed by atoms with Gasteiger partial charge in [0.15, 0.2) is 0 Å². The molecule has 0 saturated carbocycles. The summed E-state index contributed by atoms with van der Waals surface area (Å²) in [6.45, 7) is 8.80. The third-order valence-electron chi connectivity index (χ3n) is 2.73. The van der Waals surface area contributed by atoms with Crippen molar-refractivity contribution in [1.29, 1.82) is 0 Å². The number of aromatic nitrogens is 2. The average Bonchev–Trinajstić information content (AvgIpc) is 2.65. The van der Waals surface area contributed by atoms with Gasteiger partial charge in [-0.05, 0) is 18.8 Å². The van der Waals surface area contributed by atoms with E-state index in [0.717, 1.165) is 0 Å². The van der Waals surface area contributed by atoms with E-state index >= 15 is 0 Å². The number of carbonyl (C=O) groups is 1. The molecule has 0 fully saturated rings. The predicted octanol–water partition coefficient (Wildman–Crippen LogP) is 1.01. The Morgan fingerprint density at radius 1 is 1.58 bits per heavy atom. The number of nitrogens with one attached hydrogen (secondary N) is 1. The number of hydrogen-bond donors (Lipinski definition) is 3. The summed E-state index contributed by atoms with van der Waals surface area (Å²) in [6, 6.07) is 0. The first-order valence-electron chi connectivity index (χ1n) is 6.52. The molecule has 0 aliphatic heterocycles. The van der Waals surface area contributed by atoms with Crippen LogP contribution in [0.5, 0.6) is 0 Å². The highest BCUT2D eigenvalue weighted by Crippen LogP contribution is 2.20. The van der Waals surface area contributed by atoms with E-state index < -0.39 is 6.10 Å². The van der Waals surface area contributed by atoms with Gasteiger partial charge in [-0.15, -0.1) is 0 Å². The number of amides is 1. The number of anilines is 1. The minimum Gasteiger partial charge on any atom is -0.396 e. The summed E-state index contributed by atoms with van der Waals surface area (Å²) >= 11 is 0. The molecule has 6 heteroatoms. The molecule has 1 heterocycles. The fourth-order valence-corrected chi connectivity index (χ4v) is 1.96. The van der Waals surface area contributed by atoms with Crippen molar-refractivity contribution in [3.05, 3.63) is 11.9 Å². The van der Waals surface area contributed by atoms with Crippen LogP contribution in [0.15, 0.2) is 6.20 Å². The lowest BCUT2D eigenvalue weighted by Crippen LogP contribution is -2.35. The lowest BCUT2D eigenvalue weighted by molar-refractivity contribution is 0.0860.